The number of hydrogen-bond donors (Lipinski definition) is 1. The van der Waals surface area contributed by atoms with Gasteiger partial charge in [0.25, 0.3) is 6.23 Å². The summed E-state index contributed by atoms with van der Waals surface area (Å²) in [6.07, 6.45) is -0.693. The van der Waals surface area contributed by atoms with Crippen molar-refractivity contribution in [1.82, 2.24) is 0 Å². The molecule has 4 heteroatoms. The Bertz CT molecular complexity index is 767. The number of ether oxygens (including phenoxy) is 1. The Morgan fingerprint density at radius 2 is 1.59 bits per heavy atom. The fourth-order valence-corrected chi connectivity index (χ4v) is 3.32. The number of fused-ring (bicyclic) bond motifs is 4. The molecule has 0 saturated heterocycles. The summed E-state index contributed by atoms with van der Waals surface area (Å²) in [5.74, 6) is 0.777. The number of benzene rings is 2. The summed E-state index contributed by atoms with van der Waals surface area (Å²) in [5, 5.41) is 10.9. The van der Waals surface area contributed by atoms with Gasteiger partial charge in [-0.25, -0.2) is 0 Å². The lowest BCUT2D eigenvalue weighted by atomic mass is 9.95. The van der Waals surface area contributed by atoms with E-state index in [1.165, 1.54) is 0 Å². The molecule has 22 heavy (non-hydrogen) atoms. The number of halogens is 1. The summed E-state index contributed by atoms with van der Waals surface area (Å²) < 4.78 is 7.96. The standard InChI is InChI=1S/C18H18NO2.ClH/c1-18(2)11-21-17-15-10-6-4-8-13(15)12-7-3-5-9-14(12)16(20)19(17)18;/h3-10,16,20H,11H2,1-2H3;1H/q+1;/p-1. The summed E-state index contributed by atoms with van der Waals surface area (Å²) in [6, 6.07) is 16.2. The van der Waals surface area contributed by atoms with Crippen LogP contribution in [0, 0.1) is 0 Å². The first kappa shape index (κ1) is 15.1. The maximum absolute atomic E-state index is 10.9. The van der Waals surface area contributed by atoms with E-state index in [-0.39, 0.29) is 17.9 Å². The molecular weight excluding hydrogens is 298 g/mol. The SMILES string of the molecule is CC1(C)COC2=[N+]1C(O)c1ccccc1-c1ccccc12.[Cl-]. The van der Waals surface area contributed by atoms with E-state index in [1.807, 2.05) is 34.9 Å². The number of rotatable bonds is 0. The van der Waals surface area contributed by atoms with Crippen molar-refractivity contribution < 1.29 is 26.8 Å². The second-order valence-corrected chi connectivity index (χ2v) is 6.28. The predicted octanol–water partition coefficient (Wildman–Crippen LogP) is -0.0700. The van der Waals surface area contributed by atoms with Gasteiger partial charge in [0.2, 0.25) is 0 Å². The minimum Gasteiger partial charge on any atom is -1.00 e. The van der Waals surface area contributed by atoms with E-state index in [2.05, 4.69) is 32.0 Å². The molecule has 4 rings (SSSR count). The van der Waals surface area contributed by atoms with Gasteiger partial charge in [0, 0.05) is 13.8 Å². The van der Waals surface area contributed by atoms with Gasteiger partial charge in [-0.2, -0.15) is 4.58 Å². The molecule has 0 bridgehead atoms. The Kier molecular flexibility index (Phi) is 3.50. The molecule has 3 nitrogen and oxygen atoms in total. The van der Waals surface area contributed by atoms with E-state index < -0.39 is 6.23 Å². The highest BCUT2D eigenvalue weighted by Crippen LogP contribution is 2.39. The van der Waals surface area contributed by atoms with Crippen LogP contribution in [0.4, 0.5) is 0 Å². The van der Waals surface area contributed by atoms with E-state index in [0.717, 1.165) is 28.2 Å². The van der Waals surface area contributed by atoms with Crippen LogP contribution in [-0.2, 0) is 4.74 Å². The van der Waals surface area contributed by atoms with Gasteiger partial charge in [0.05, 0.1) is 11.1 Å². The van der Waals surface area contributed by atoms with Gasteiger partial charge in [0.1, 0.15) is 0 Å². The molecule has 2 aromatic carbocycles. The van der Waals surface area contributed by atoms with Crippen LogP contribution in [0.3, 0.4) is 0 Å². The minimum atomic E-state index is -0.693. The maximum Gasteiger partial charge on any atom is 0.373 e. The lowest BCUT2D eigenvalue weighted by Crippen LogP contribution is -3.00. The van der Waals surface area contributed by atoms with Crippen molar-refractivity contribution in [1.29, 1.82) is 0 Å². The van der Waals surface area contributed by atoms with Crippen molar-refractivity contribution in [2.75, 3.05) is 6.61 Å². The van der Waals surface area contributed by atoms with Crippen molar-refractivity contribution in [3.05, 3.63) is 59.7 Å². The predicted molar refractivity (Wildman–Crippen MR) is 81.2 cm³/mol. The smallest absolute Gasteiger partial charge is 0.373 e. The normalized spacial score (nSPS) is 21.0. The van der Waals surface area contributed by atoms with Crippen LogP contribution in [0.2, 0.25) is 0 Å². The molecule has 0 fully saturated rings. The first-order valence-electron chi connectivity index (χ1n) is 7.25. The molecule has 0 amide bonds. The summed E-state index contributed by atoms with van der Waals surface area (Å²) >= 11 is 0. The van der Waals surface area contributed by atoms with Crippen molar-refractivity contribution in [3.8, 4) is 11.1 Å². The average molecular weight is 316 g/mol. The Morgan fingerprint density at radius 1 is 1.00 bits per heavy atom. The van der Waals surface area contributed by atoms with Gasteiger partial charge in [-0.15, -0.1) is 0 Å². The lowest BCUT2D eigenvalue weighted by molar-refractivity contribution is -0.666. The summed E-state index contributed by atoms with van der Waals surface area (Å²) in [6.45, 7) is 4.77. The second kappa shape index (κ2) is 5.11. The van der Waals surface area contributed by atoms with Crippen LogP contribution < -0.4 is 12.4 Å². The second-order valence-electron chi connectivity index (χ2n) is 6.28. The molecular formula is C18H18ClNO2. The molecule has 1 atom stereocenters. The third kappa shape index (κ3) is 1.97. The highest BCUT2D eigenvalue weighted by molar-refractivity contribution is 5.99. The van der Waals surface area contributed by atoms with E-state index in [9.17, 15) is 5.11 Å². The van der Waals surface area contributed by atoms with Crippen LogP contribution >= 0.6 is 0 Å². The molecule has 2 aliphatic rings. The number of aliphatic hydroxyl groups is 1. The average Bonchev–Trinajstić information content (AvgIpc) is 2.76. The quantitative estimate of drug-likeness (QED) is 0.690. The molecule has 0 saturated carbocycles. The number of nitrogens with zero attached hydrogens (tertiary/aromatic N) is 1. The zero-order chi connectivity index (χ0) is 14.6. The third-order valence-corrected chi connectivity index (χ3v) is 4.36. The lowest BCUT2D eigenvalue weighted by Gasteiger charge is -2.19. The fraction of sp³-hybridized carbons (Fsp3) is 0.278. The molecule has 0 radical (unpaired) electrons. The maximum atomic E-state index is 10.9. The van der Waals surface area contributed by atoms with Crippen molar-refractivity contribution in [3.63, 3.8) is 0 Å². The van der Waals surface area contributed by atoms with Crippen LogP contribution in [-0.4, -0.2) is 27.7 Å². The van der Waals surface area contributed by atoms with E-state index in [1.54, 1.807) is 0 Å². The summed E-state index contributed by atoms with van der Waals surface area (Å²) in [5.41, 5.74) is 3.93. The third-order valence-electron chi connectivity index (χ3n) is 4.36. The van der Waals surface area contributed by atoms with Gasteiger partial charge >= 0.3 is 5.90 Å². The number of aliphatic hydroxyl groups excluding tert-OH is 1. The largest absolute Gasteiger partial charge is 1.00 e. The monoisotopic (exact) mass is 315 g/mol. The zero-order valence-electron chi connectivity index (χ0n) is 12.6. The van der Waals surface area contributed by atoms with Crippen LogP contribution in [0.15, 0.2) is 48.5 Å². The topological polar surface area (TPSA) is 32.5 Å². The molecule has 2 aliphatic heterocycles. The molecule has 2 aromatic rings. The molecule has 1 unspecified atom stereocenters. The first-order chi connectivity index (χ1) is 10.1. The summed E-state index contributed by atoms with van der Waals surface area (Å²) in [4.78, 5) is 0. The van der Waals surface area contributed by atoms with Crippen LogP contribution in [0.1, 0.15) is 31.2 Å². The Balaban J connectivity index is 0.00000144. The molecule has 2 heterocycles. The summed E-state index contributed by atoms with van der Waals surface area (Å²) in [7, 11) is 0. The molecule has 0 spiro atoms. The minimum absolute atomic E-state index is 0. The molecule has 1 N–H and O–H groups in total. The van der Waals surface area contributed by atoms with Gasteiger partial charge in [-0.3, -0.25) is 0 Å². The highest BCUT2D eigenvalue weighted by atomic mass is 35.5. The Labute approximate surface area is 136 Å². The van der Waals surface area contributed by atoms with E-state index in [0.29, 0.717) is 6.61 Å². The fourth-order valence-electron chi connectivity index (χ4n) is 3.32. The van der Waals surface area contributed by atoms with Gasteiger partial charge in [0.15, 0.2) is 12.1 Å². The Morgan fingerprint density at radius 3 is 2.32 bits per heavy atom. The number of hydrogen-bond acceptors (Lipinski definition) is 2. The van der Waals surface area contributed by atoms with Crippen molar-refractivity contribution in [2.24, 2.45) is 0 Å². The van der Waals surface area contributed by atoms with Crippen LogP contribution in [0.5, 0.6) is 0 Å². The van der Waals surface area contributed by atoms with Gasteiger partial charge in [-0.1, -0.05) is 36.4 Å². The van der Waals surface area contributed by atoms with Gasteiger partial charge in [-0.05, 0) is 23.3 Å². The molecule has 114 valence electrons. The van der Waals surface area contributed by atoms with Gasteiger partial charge < -0.3 is 22.3 Å². The highest BCUT2D eigenvalue weighted by Gasteiger charge is 2.49. The first-order valence-corrected chi connectivity index (χ1v) is 7.25. The van der Waals surface area contributed by atoms with Crippen molar-refractivity contribution >= 4 is 5.90 Å². The molecule has 0 aromatic heterocycles. The molecule has 0 aliphatic carbocycles. The van der Waals surface area contributed by atoms with E-state index >= 15 is 0 Å². The Hall–Kier alpha value is -1.84. The zero-order valence-corrected chi connectivity index (χ0v) is 13.3. The van der Waals surface area contributed by atoms with E-state index in [4.69, 9.17) is 4.74 Å². The van der Waals surface area contributed by atoms with Crippen LogP contribution in [0.25, 0.3) is 11.1 Å². The van der Waals surface area contributed by atoms with Crippen molar-refractivity contribution in [2.45, 2.75) is 25.6 Å².